The molecule has 19 heavy (non-hydrogen) atoms. The third-order valence-electron chi connectivity index (χ3n) is 2.58. The summed E-state index contributed by atoms with van der Waals surface area (Å²) >= 11 is 0. The minimum atomic E-state index is -3.19. The molecular formula is C14H23NO3S. The first-order valence-electron chi connectivity index (χ1n) is 6.60. The van der Waals surface area contributed by atoms with E-state index in [0.29, 0.717) is 6.42 Å². The van der Waals surface area contributed by atoms with Gasteiger partial charge in [-0.3, -0.25) is 0 Å². The summed E-state index contributed by atoms with van der Waals surface area (Å²) in [6, 6.07) is 7.26. The Morgan fingerprint density at radius 2 is 1.74 bits per heavy atom. The van der Waals surface area contributed by atoms with E-state index in [1.165, 1.54) is 0 Å². The van der Waals surface area contributed by atoms with E-state index in [2.05, 4.69) is 4.72 Å². The largest absolute Gasteiger partial charge is 0.491 e. The van der Waals surface area contributed by atoms with Crippen molar-refractivity contribution in [3.8, 4) is 5.75 Å². The first kappa shape index (κ1) is 16.0. The molecular weight excluding hydrogens is 262 g/mol. The van der Waals surface area contributed by atoms with Crippen molar-refractivity contribution in [1.29, 1.82) is 0 Å². The van der Waals surface area contributed by atoms with Gasteiger partial charge in [-0.25, -0.2) is 13.1 Å². The molecule has 0 radical (unpaired) electrons. The maximum atomic E-state index is 11.7. The number of hydrogen-bond donors (Lipinski definition) is 1. The molecule has 0 amide bonds. The van der Waals surface area contributed by atoms with Crippen molar-refractivity contribution < 1.29 is 13.2 Å². The van der Waals surface area contributed by atoms with Gasteiger partial charge in [0.1, 0.15) is 5.75 Å². The third kappa shape index (κ3) is 5.61. The molecule has 0 heterocycles. The van der Waals surface area contributed by atoms with E-state index in [4.69, 9.17) is 4.74 Å². The van der Waals surface area contributed by atoms with Crippen LogP contribution in [0.3, 0.4) is 0 Å². The molecule has 0 saturated carbocycles. The summed E-state index contributed by atoms with van der Waals surface area (Å²) in [4.78, 5) is 0. The highest BCUT2D eigenvalue weighted by Gasteiger charge is 2.14. The Morgan fingerprint density at radius 3 is 2.21 bits per heavy atom. The average molecular weight is 285 g/mol. The van der Waals surface area contributed by atoms with E-state index in [0.717, 1.165) is 11.3 Å². The topological polar surface area (TPSA) is 55.4 Å². The standard InChI is InChI=1S/C14H23NO3S/c1-5-10-19(16,17)15-12(4)13-6-8-14(9-7-13)18-11(2)3/h6-9,11-12,15H,5,10H2,1-4H3. The molecule has 0 bridgehead atoms. The number of sulfonamides is 1. The summed E-state index contributed by atoms with van der Waals surface area (Å²) in [7, 11) is -3.19. The molecule has 1 unspecified atom stereocenters. The van der Waals surface area contributed by atoms with Crippen molar-refractivity contribution in [2.24, 2.45) is 0 Å². The number of nitrogens with one attached hydrogen (secondary N) is 1. The normalized spacial score (nSPS) is 13.5. The highest BCUT2D eigenvalue weighted by atomic mass is 32.2. The second-order valence-electron chi connectivity index (χ2n) is 4.89. The lowest BCUT2D eigenvalue weighted by Gasteiger charge is -2.15. The molecule has 0 spiro atoms. The molecule has 0 aliphatic heterocycles. The third-order valence-corrected chi connectivity index (χ3v) is 4.24. The van der Waals surface area contributed by atoms with E-state index in [9.17, 15) is 8.42 Å². The molecule has 4 nitrogen and oxygen atoms in total. The maximum Gasteiger partial charge on any atom is 0.212 e. The zero-order chi connectivity index (χ0) is 14.5. The molecule has 1 aromatic carbocycles. The van der Waals surface area contributed by atoms with Crippen LogP contribution in [0.25, 0.3) is 0 Å². The number of ether oxygens (including phenoxy) is 1. The molecule has 0 fully saturated rings. The Kier molecular flexibility index (Phi) is 5.82. The average Bonchev–Trinajstić information content (AvgIpc) is 2.28. The lowest BCUT2D eigenvalue weighted by molar-refractivity contribution is 0.242. The highest BCUT2D eigenvalue weighted by Crippen LogP contribution is 2.19. The van der Waals surface area contributed by atoms with Gasteiger partial charge in [0.25, 0.3) is 0 Å². The lowest BCUT2D eigenvalue weighted by Crippen LogP contribution is -2.28. The fourth-order valence-corrected chi connectivity index (χ4v) is 3.10. The van der Waals surface area contributed by atoms with Crippen molar-refractivity contribution in [1.82, 2.24) is 4.72 Å². The van der Waals surface area contributed by atoms with Crippen LogP contribution in [0.15, 0.2) is 24.3 Å². The first-order chi connectivity index (χ1) is 8.84. The van der Waals surface area contributed by atoms with Crippen LogP contribution in [0.4, 0.5) is 0 Å². The van der Waals surface area contributed by atoms with E-state index in [-0.39, 0.29) is 17.9 Å². The highest BCUT2D eigenvalue weighted by molar-refractivity contribution is 7.89. The van der Waals surface area contributed by atoms with Gasteiger partial charge in [0.05, 0.1) is 11.9 Å². The predicted molar refractivity (Wildman–Crippen MR) is 77.8 cm³/mol. The number of rotatable bonds is 7. The molecule has 0 saturated heterocycles. The molecule has 1 atom stereocenters. The molecule has 108 valence electrons. The van der Waals surface area contributed by atoms with Crippen LogP contribution in [0.5, 0.6) is 5.75 Å². The fourth-order valence-electron chi connectivity index (χ4n) is 1.77. The zero-order valence-electron chi connectivity index (χ0n) is 12.0. The van der Waals surface area contributed by atoms with Crippen molar-refractivity contribution in [3.63, 3.8) is 0 Å². The SMILES string of the molecule is CCCS(=O)(=O)NC(C)c1ccc(OC(C)C)cc1. The summed E-state index contributed by atoms with van der Waals surface area (Å²) in [5.41, 5.74) is 0.927. The summed E-state index contributed by atoms with van der Waals surface area (Å²) in [6.45, 7) is 7.62. The Balaban J connectivity index is 2.70. The first-order valence-corrected chi connectivity index (χ1v) is 8.26. The van der Waals surface area contributed by atoms with Gasteiger partial charge in [-0.1, -0.05) is 19.1 Å². The molecule has 0 aromatic heterocycles. The summed E-state index contributed by atoms with van der Waals surface area (Å²) in [6.07, 6.45) is 0.745. The van der Waals surface area contributed by atoms with Crippen molar-refractivity contribution in [3.05, 3.63) is 29.8 Å². The van der Waals surface area contributed by atoms with Crippen LogP contribution in [-0.4, -0.2) is 20.3 Å². The van der Waals surface area contributed by atoms with Crippen LogP contribution in [-0.2, 0) is 10.0 Å². The lowest BCUT2D eigenvalue weighted by atomic mass is 10.1. The molecule has 0 aliphatic carbocycles. The number of hydrogen-bond acceptors (Lipinski definition) is 3. The summed E-state index contributed by atoms with van der Waals surface area (Å²) in [5.74, 6) is 0.952. The second-order valence-corrected chi connectivity index (χ2v) is 6.77. The Bertz CT molecular complexity index is 480. The zero-order valence-corrected chi connectivity index (χ0v) is 12.8. The van der Waals surface area contributed by atoms with Crippen molar-refractivity contribution in [2.75, 3.05) is 5.75 Å². The smallest absolute Gasteiger partial charge is 0.212 e. The van der Waals surface area contributed by atoms with E-state index in [1.54, 1.807) is 0 Å². The van der Waals surface area contributed by atoms with E-state index >= 15 is 0 Å². The molecule has 1 rings (SSSR count). The Morgan fingerprint density at radius 1 is 1.16 bits per heavy atom. The van der Waals surface area contributed by atoms with Gasteiger partial charge < -0.3 is 4.74 Å². The predicted octanol–water partition coefficient (Wildman–Crippen LogP) is 2.86. The molecule has 0 aliphatic rings. The van der Waals surface area contributed by atoms with Crippen LogP contribution >= 0.6 is 0 Å². The van der Waals surface area contributed by atoms with Crippen LogP contribution in [0.2, 0.25) is 0 Å². The monoisotopic (exact) mass is 285 g/mol. The molecule has 5 heteroatoms. The van der Waals surface area contributed by atoms with E-state index < -0.39 is 10.0 Å². The van der Waals surface area contributed by atoms with Gasteiger partial charge in [0.15, 0.2) is 0 Å². The quantitative estimate of drug-likeness (QED) is 0.838. The van der Waals surface area contributed by atoms with Crippen LogP contribution in [0, 0.1) is 0 Å². The molecule has 1 N–H and O–H groups in total. The van der Waals surface area contributed by atoms with Gasteiger partial charge in [0.2, 0.25) is 10.0 Å². The Hall–Kier alpha value is -1.07. The van der Waals surface area contributed by atoms with Gasteiger partial charge in [0, 0.05) is 6.04 Å². The van der Waals surface area contributed by atoms with E-state index in [1.807, 2.05) is 52.0 Å². The van der Waals surface area contributed by atoms with Crippen molar-refractivity contribution in [2.45, 2.75) is 46.3 Å². The fraction of sp³-hybridized carbons (Fsp3) is 0.571. The Labute approximate surface area is 116 Å². The maximum absolute atomic E-state index is 11.7. The van der Waals surface area contributed by atoms with Gasteiger partial charge in [-0.15, -0.1) is 0 Å². The second kappa shape index (κ2) is 6.91. The van der Waals surface area contributed by atoms with Crippen LogP contribution < -0.4 is 9.46 Å². The summed E-state index contributed by atoms with van der Waals surface area (Å²) in [5, 5.41) is 0. The van der Waals surface area contributed by atoms with Gasteiger partial charge in [-0.05, 0) is 44.9 Å². The van der Waals surface area contributed by atoms with Crippen LogP contribution in [0.1, 0.15) is 45.7 Å². The van der Waals surface area contributed by atoms with Gasteiger partial charge >= 0.3 is 0 Å². The van der Waals surface area contributed by atoms with Gasteiger partial charge in [-0.2, -0.15) is 0 Å². The van der Waals surface area contributed by atoms with Crippen molar-refractivity contribution >= 4 is 10.0 Å². The minimum absolute atomic E-state index is 0.131. The summed E-state index contributed by atoms with van der Waals surface area (Å²) < 4.78 is 31.6. The number of benzene rings is 1. The minimum Gasteiger partial charge on any atom is -0.491 e. The molecule has 1 aromatic rings.